The molecule has 7 nitrogen and oxygen atoms in total. The summed E-state index contributed by atoms with van der Waals surface area (Å²) < 4.78 is 5.71. The Morgan fingerprint density at radius 3 is 2.58 bits per heavy atom. The Kier molecular flexibility index (Phi) is 7.41. The lowest BCUT2D eigenvalue weighted by molar-refractivity contribution is -0.124. The number of amides is 1. The number of carbonyl (C=O) groups is 1. The zero-order valence-corrected chi connectivity index (χ0v) is 17.9. The number of nitrogens with zero attached hydrogens (tertiary/aromatic N) is 2. The van der Waals surface area contributed by atoms with E-state index in [1.807, 2.05) is 24.4 Å². The van der Waals surface area contributed by atoms with Crippen LogP contribution in [0.15, 0.2) is 60.2 Å². The molecule has 164 valence electrons. The first-order chi connectivity index (χ1) is 14.9. The van der Waals surface area contributed by atoms with Crippen molar-refractivity contribution in [3.63, 3.8) is 0 Å². The molecule has 0 fully saturated rings. The molecule has 0 aliphatic heterocycles. The number of nitrogens with one attached hydrogen (secondary N) is 2. The van der Waals surface area contributed by atoms with E-state index >= 15 is 0 Å². The largest absolute Gasteiger partial charge is 0.425 e. The van der Waals surface area contributed by atoms with E-state index in [0.29, 0.717) is 37.5 Å². The number of aromatic amines is 1. The van der Waals surface area contributed by atoms with Gasteiger partial charge in [0.15, 0.2) is 0 Å². The Morgan fingerprint density at radius 2 is 1.87 bits per heavy atom. The van der Waals surface area contributed by atoms with Crippen LogP contribution in [-0.4, -0.2) is 37.8 Å². The summed E-state index contributed by atoms with van der Waals surface area (Å²) in [5.41, 5.74) is 1.21. The summed E-state index contributed by atoms with van der Waals surface area (Å²) in [6.07, 6.45) is 7.99. The highest BCUT2D eigenvalue weighted by Gasteiger charge is 2.32. The van der Waals surface area contributed by atoms with Crippen molar-refractivity contribution in [2.75, 3.05) is 0 Å². The highest BCUT2D eigenvalue weighted by molar-refractivity contribution is 5.83. The zero-order valence-electron chi connectivity index (χ0n) is 17.9. The van der Waals surface area contributed by atoms with Crippen molar-refractivity contribution in [1.29, 1.82) is 0 Å². The van der Waals surface area contributed by atoms with Crippen LogP contribution in [0, 0.1) is 0 Å². The van der Waals surface area contributed by atoms with E-state index in [0.717, 1.165) is 11.9 Å². The monoisotopic (exact) mass is 422 g/mol. The van der Waals surface area contributed by atoms with Gasteiger partial charge < -0.3 is 19.8 Å². The molecule has 7 heteroatoms. The lowest BCUT2D eigenvalue weighted by Gasteiger charge is -2.33. The first-order valence-corrected chi connectivity index (χ1v) is 10.5. The number of aliphatic hydroxyl groups is 1. The van der Waals surface area contributed by atoms with Crippen molar-refractivity contribution in [2.24, 2.45) is 0 Å². The molecular weight excluding hydrogens is 392 g/mol. The number of hydrogen-bond donors (Lipinski definition) is 3. The summed E-state index contributed by atoms with van der Waals surface area (Å²) in [5, 5.41) is 22.9. The Morgan fingerprint density at radius 1 is 1.19 bits per heavy atom. The molecule has 2 heterocycles. The zero-order chi connectivity index (χ0) is 22.3. The number of benzene rings is 1. The molecule has 0 spiro atoms. The molecule has 0 saturated heterocycles. The second kappa shape index (κ2) is 10.2. The maximum absolute atomic E-state index is 12.3. The topological polar surface area (TPSA) is 104 Å². The molecule has 0 aliphatic carbocycles. The number of rotatable bonds is 12. The third-order valence-corrected chi connectivity index (χ3v) is 5.54. The molecule has 1 atom stereocenters. The number of H-pyrrole nitrogens is 1. The van der Waals surface area contributed by atoms with Crippen LogP contribution in [-0.2, 0) is 24.1 Å². The summed E-state index contributed by atoms with van der Waals surface area (Å²) in [5.74, 6) is 0.808. The maximum atomic E-state index is 12.3. The number of fused-ring (bicyclic) bond motifs is 1. The van der Waals surface area contributed by atoms with Crippen LogP contribution in [0.3, 0.4) is 0 Å². The van der Waals surface area contributed by atoms with Gasteiger partial charge in [-0.05, 0) is 37.8 Å². The molecule has 1 aromatic carbocycles. The fourth-order valence-electron chi connectivity index (χ4n) is 3.68. The second-order valence-electron chi connectivity index (χ2n) is 7.83. The summed E-state index contributed by atoms with van der Waals surface area (Å²) >= 11 is 0. The van der Waals surface area contributed by atoms with Crippen molar-refractivity contribution in [3.05, 3.63) is 73.1 Å². The molecule has 0 aliphatic rings. The van der Waals surface area contributed by atoms with E-state index < -0.39 is 11.6 Å². The average Bonchev–Trinajstić information content (AvgIpc) is 3.38. The summed E-state index contributed by atoms with van der Waals surface area (Å²) in [6, 6.07) is 7.72. The number of carbonyl (C=O) groups excluding carboxylic acids is 1. The van der Waals surface area contributed by atoms with Gasteiger partial charge in [-0.25, -0.2) is 0 Å². The summed E-state index contributed by atoms with van der Waals surface area (Å²) in [6.45, 7) is 9.13. The van der Waals surface area contributed by atoms with Gasteiger partial charge in [-0.15, -0.1) is 23.4 Å². The number of hydrogen-bond acceptors (Lipinski definition) is 5. The van der Waals surface area contributed by atoms with Gasteiger partial charge >= 0.3 is 0 Å². The predicted octanol–water partition coefficient (Wildman–Crippen LogP) is 3.66. The van der Waals surface area contributed by atoms with Crippen molar-refractivity contribution >= 4 is 16.8 Å². The SMILES string of the molecule is C=CCC(O)(CC=C)C(C)NC(=O)CCc1nnc(CCc2c[nH]c3ccccc23)o1. The van der Waals surface area contributed by atoms with Crippen molar-refractivity contribution in [3.8, 4) is 0 Å². The molecule has 1 unspecified atom stereocenters. The second-order valence-corrected chi connectivity index (χ2v) is 7.83. The Labute approximate surface area is 182 Å². The molecule has 0 saturated carbocycles. The lowest BCUT2D eigenvalue weighted by atomic mass is 9.88. The fourth-order valence-corrected chi connectivity index (χ4v) is 3.68. The Hall–Kier alpha value is -3.19. The predicted molar refractivity (Wildman–Crippen MR) is 121 cm³/mol. The van der Waals surface area contributed by atoms with Crippen molar-refractivity contribution < 1.29 is 14.3 Å². The number of para-hydroxylation sites is 1. The minimum absolute atomic E-state index is 0.183. The van der Waals surface area contributed by atoms with E-state index in [9.17, 15) is 9.90 Å². The van der Waals surface area contributed by atoms with Crippen LogP contribution in [0.2, 0.25) is 0 Å². The minimum atomic E-state index is -1.10. The van der Waals surface area contributed by atoms with E-state index in [2.05, 4.69) is 39.7 Å². The molecular formula is C24H30N4O3. The molecule has 2 aromatic heterocycles. The van der Waals surface area contributed by atoms with Crippen LogP contribution in [0.5, 0.6) is 0 Å². The van der Waals surface area contributed by atoms with Gasteiger partial charge in [0.05, 0.1) is 11.6 Å². The summed E-state index contributed by atoms with van der Waals surface area (Å²) in [4.78, 5) is 15.6. The third-order valence-electron chi connectivity index (χ3n) is 5.54. The fraction of sp³-hybridized carbons (Fsp3) is 0.375. The molecule has 1 amide bonds. The van der Waals surface area contributed by atoms with Gasteiger partial charge in [0, 0.05) is 36.4 Å². The van der Waals surface area contributed by atoms with E-state index in [-0.39, 0.29) is 12.3 Å². The standard InChI is InChI=1S/C24H30N4O3/c1-4-14-24(30,15-5-2)17(3)26-21(29)11-13-23-28-27-22(31-23)12-10-18-16-25-20-9-7-6-8-19(18)20/h4-9,16-17,25,30H,1-2,10-15H2,3H3,(H,26,29). The smallest absolute Gasteiger partial charge is 0.220 e. The van der Waals surface area contributed by atoms with Crippen LogP contribution in [0.4, 0.5) is 0 Å². The molecule has 0 bridgehead atoms. The Balaban J connectivity index is 1.48. The van der Waals surface area contributed by atoms with Crippen molar-refractivity contribution in [1.82, 2.24) is 20.5 Å². The molecule has 3 aromatic rings. The summed E-state index contributed by atoms with van der Waals surface area (Å²) in [7, 11) is 0. The van der Waals surface area contributed by atoms with Gasteiger partial charge in [-0.2, -0.15) is 0 Å². The Bertz CT molecular complexity index is 1030. The molecule has 31 heavy (non-hydrogen) atoms. The highest BCUT2D eigenvalue weighted by atomic mass is 16.4. The van der Waals surface area contributed by atoms with Crippen molar-refractivity contribution in [2.45, 2.75) is 57.1 Å². The molecule has 3 N–H and O–H groups in total. The van der Waals surface area contributed by atoms with Gasteiger partial charge in [-0.3, -0.25) is 4.79 Å². The van der Waals surface area contributed by atoms with Crippen LogP contribution >= 0.6 is 0 Å². The first-order valence-electron chi connectivity index (χ1n) is 10.5. The molecule has 0 radical (unpaired) electrons. The maximum Gasteiger partial charge on any atom is 0.220 e. The number of aromatic nitrogens is 3. The van der Waals surface area contributed by atoms with E-state index in [1.165, 1.54) is 10.9 Å². The van der Waals surface area contributed by atoms with Gasteiger partial charge in [0.2, 0.25) is 17.7 Å². The van der Waals surface area contributed by atoms with Gasteiger partial charge in [0.25, 0.3) is 0 Å². The molecule has 3 rings (SSSR count). The lowest BCUT2D eigenvalue weighted by Crippen LogP contribution is -2.50. The normalized spacial score (nSPS) is 12.6. The van der Waals surface area contributed by atoms with Crippen LogP contribution in [0.25, 0.3) is 10.9 Å². The van der Waals surface area contributed by atoms with Gasteiger partial charge in [0.1, 0.15) is 0 Å². The average molecular weight is 423 g/mol. The first kappa shape index (κ1) is 22.5. The quantitative estimate of drug-likeness (QED) is 0.387. The van der Waals surface area contributed by atoms with Crippen LogP contribution in [0.1, 0.15) is 43.5 Å². The van der Waals surface area contributed by atoms with E-state index in [1.54, 1.807) is 19.1 Å². The minimum Gasteiger partial charge on any atom is -0.425 e. The number of aryl methyl sites for hydroxylation is 3. The van der Waals surface area contributed by atoms with Gasteiger partial charge in [-0.1, -0.05) is 30.4 Å². The van der Waals surface area contributed by atoms with E-state index in [4.69, 9.17) is 4.42 Å². The van der Waals surface area contributed by atoms with Crippen LogP contribution < -0.4 is 5.32 Å². The highest BCUT2D eigenvalue weighted by Crippen LogP contribution is 2.22. The third kappa shape index (κ3) is 5.70.